The number of rotatable bonds is 6. The highest BCUT2D eigenvalue weighted by Gasteiger charge is 2.61. The average Bonchev–Trinajstić information content (AvgIpc) is 2.62. The number of allylic oxidation sites excluding steroid dienone is 3. The fourth-order valence-corrected chi connectivity index (χ4v) is 5.51. The largest absolute Gasteiger partial charge is 0.484 e. The first-order chi connectivity index (χ1) is 13.8. The van der Waals surface area contributed by atoms with Gasteiger partial charge < -0.3 is 4.74 Å². The SMILES string of the molecule is CCCCCCC(C)(C)C1=C(F)C2=C(C(=O)C1(F)F)[C@@H]1CC(=O)CC[C@H]1C(C)(C)O2. The van der Waals surface area contributed by atoms with Crippen LogP contribution in [0.15, 0.2) is 22.7 Å². The summed E-state index contributed by atoms with van der Waals surface area (Å²) in [5.41, 5.74) is -3.13. The minimum Gasteiger partial charge on any atom is -0.484 e. The topological polar surface area (TPSA) is 43.4 Å². The molecule has 1 fully saturated rings. The third-order valence-electron chi connectivity index (χ3n) is 7.14. The van der Waals surface area contributed by atoms with Crippen molar-refractivity contribution in [2.24, 2.45) is 17.3 Å². The smallest absolute Gasteiger partial charge is 0.334 e. The second kappa shape index (κ2) is 7.83. The van der Waals surface area contributed by atoms with E-state index >= 15 is 13.2 Å². The Balaban J connectivity index is 2.09. The molecule has 0 aromatic heterocycles. The van der Waals surface area contributed by atoms with Crippen LogP contribution in [0.25, 0.3) is 0 Å². The Morgan fingerprint density at radius 2 is 1.80 bits per heavy atom. The van der Waals surface area contributed by atoms with Gasteiger partial charge in [0.25, 0.3) is 0 Å². The average molecular weight is 427 g/mol. The first kappa shape index (κ1) is 23.1. The van der Waals surface area contributed by atoms with Crippen LogP contribution in [0.1, 0.15) is 86.0 Å². The Bertz CT molecular complexity index is 805. The molecular formula is C24H33F3O3. The highest BCUT2D eigenvalue weighted by atomic mass is 19.3. The maximum Gasteiger partial charge on any atom is 0.334 e. The maximum absolute atomic E-state index is 15.7. The van der Waals surface area contributed by atoms with Gasteiger partial charge >= 0.3 is 5.92 Å². The zero-order valence-corrected chi connectivity index (χ0v) is 18.7. The van der Waals surface area contributed by atoms with Crippen LogP contribution >= 0.6 is 0 Å². The molecule has 2 atom stereocenters. The van der Waals surface area contributed by atoms with Gasteiger partial charge in [0.2, 0.25) is 5.78 Å². The van der Waals surface area contributed by atoms with E-state index in [-0.39, 0.29) is 29.5 Å². The van der Waals surface area contributed by atoms with Crippen LogP contribution in [-0.2, 0) is 14.3 Å². The van der Waals surface area contributed by atoms with Crippen LogP contribution < -0.4 is 0 Å². The van der Waals surface area contributed by atoms with Crippen molar-refractivity contribution in [3.8, 4) is 0 Å². The van der Waals surface area contributed by atoms with Gasteiger partial charge in [0.05, 0.1) is 11.1 Å². The number of ether oxygens (including phenoxy) is 1. The summed E-state index contributed by atoms with van der Waals surface area (Å²) in [5, 5.41) is 0. The van der Waals surface area contributed by atoms with Crippen LogP contribution in [-0.4, -0.2) is 23.1 Å². The molecule has 1 aliphatic heterocycles. The maximum atomic E-state index is 15.7. The van der Waals surface area contributed by atoms with Crippen molar-refractivity contribution in [3.05, 3.63) is 22.7 Å². The third kappa shape index (κ3) is 3.75. The van der Waals surface area contributed by atoms with Crippen molar-refractivity contribution in [1.29, 1.82) is 0 Å². The summed E-state index contributed by atoms with van der Waals surface area (Å²) in [7, 11) is 0. The molecule has 0 bridgehead atoms. The number of fused-ring (bicyclic) bond motifs is 2. The van der Waals surface area contributed by atoms with E-state index in [1.54, 1.807) is 27.7 Å². The van der Waals surface area contributed by atoms with E-state index in [1.165, 1.54) is 0 Å². The summed E-state index contributed by atoms with van der Waals surface area (Å²) in [4.78, 5) is 25.1. The normalized spacial score (nSPS) is 28.3. The van der Waals surface area contributed by atoms with Gasteiger partial charge in [-0.3, -0.25) is 9.59 Å². The van der Waals surface area contributed by atoms with E-state index in [2.05, 4.69) is 6.92 Å². The molecule has 3 nitrogen and oxygen atoms in total. The van der Waals surface area contributed by atoms with E-state index < -0.39 is 40.0 Å². The third-order valence-corrected chi connectivity index (χ3v) is 7.14. The number of hydrogen-bond acceptors (Lipinski definition) is 3. The van der Waals surface area contributed by atoms with E-state index in [4.69, 9.17) is 4.74 Å². The number of ketones is 2. The molecule has 3 aliphatic rings. The zero-order valence-electron chi connectivity index (χ0n) is 18.7. The van der Waals surface area contributed by atoms with Gasteiger partial charge in [-0.25, -0.2) is 4.39 Å². The van der Waals surface area contributed by atoms with Gasteiger partial charge in [-0.1, -0.05) is 46.5 Å². The molecule has 0 radical (unpaired) electrons. The van der Waals surface area contributed by atoms with Crippen molar-refractivity contribution in [1.82, 2.24) is 0 Å². The standard InChI is InChI=1S/C24H33F3O3/c1-6-7-8-9-12-22(2,3)20-18(25)19-17(21(29)24(20,26)27)15-13-14(28)10-11-16(15)23(4,5)30-19/h15-16H,6-13H2,1-5H3/t15-,16-/m1/s1. The number of Topliss-reactive ketones (excluding diaryl/α,β-unsaturated/α-hetero) is 2. The summed E-state index contributed by atoms with van der Waals surface area (Å²) < 4.78 is 52.4. The fourth-order valence-electron chi connectivity index (χ4n) is 5.51. The van der Waals surface area contributed by atoms with E-state index in [9.17, 15) is 9.59 Å². The quantitative estimate of drug-likeness (QED) is 0.457. The number of hydrogen-bond donors (Lipinski definition) is 0. The van der Waals surface area contributed by atoms with Crippen LogP contribution in [0.3, 0.4) is 0 Å². The van der Waals surface area contributed by atoms with Crippen molar-refractivity contribution >= 4 is 11.6 Å². The molecule has 6 heteroatoms. The minimum absolute atomic E-state index is 0.0128. The highest BCUT2D eigenvalue weighted by Crippen LogP contribution is 2.57. The highest BCUT2D eigenvalue weighted by molar-refractivity contribution is 6.06. The summed E-state index contributed by atoms with van der Waals surface area (Å²) in [5.74, 6) is -7.87. The van der Waals surface area contributed by atoms with Crippen LogP contribution in [0.4, 0.5) is 13.2 Å². The number of unbranched alkanes of at least 4 members (excludes halogenated alkanes) is 3. The summed E-state index contributed by atoms with van der Waals surface area (Å²) in [6, 6.07) is 0. The van der Waals surface area contributed by atoms with Crippen molar-refractivity contribution in [2.45, 2.75) is 97.5 Å². The molecule has 168 valence electrons. The molecule has 0 aromatic carbocycles. The summed E-state index contributed by atoms with van der Waals surface area (Å²) in [6.45, 7) is 8.76. The van der Waals surface area contributed by atoms with Crippen LogP contribution in [0.5, 0.6) is 0 Å². The summed E-state index contributed by atoms with van der Waals surface area (Å²) in [6.07, 6.45) is 4.67. The van der Waals surface area contributed by atoms with Crippen molar-refractivity contribution < 1.29 is 27.5 Å². The molecule has 1 saturated carbocycles. The first-order valence-electron chi connectivity index (χ1n) is 11.1. The fraction of sp³-hybridized carbons (Fsp3) is 0.750. The number of carbonyl (C=O) groups excluding carboxylic acids is 2. The number of carbonyl (C=O) groups is 2. The molecular weight excluding hydrogens is 393 g/mol. The summed E-state index contributed by atoms with van der Waals surface area (Å²) >= 11 is 0. The molecule has 0 spiro atoms. The Labute approximate surface area is 177 Å². The second-order valence-corrected chi connectivity index (χ2v) is 10.2. The Hall–Kier alpha value is -1.59. The molecule has 0 N–H and O–H groups in total. The van der Waals surface area contributed by atoms with E-state index in [0.717, 1.165) is 19.3 Å². The monoisotopic (exact) mass is 426 g/mol. The van der Waals surface area contributed by atoms with Gasteiger partial charge in [-0.15, -0.1) is 0 Å². The molecule has 3 rings (SSSR count). The lowest BCUT2D eigenvalue weighted by Gasteiger charge is -2.49. The van der Waals surface area contributed by atoms with Crippen molar-refractivity contribution in [2.75, 3.05) is 0 Å². The van der Waals surface area contributed by atoms with Gasteiger partial charge in [-0.2, -0.15) is 8.78 Å². The first-order valence-corrected chi connectivity index (χ1v) is 11.1. The lowest BCUT2D eigenvalue weighted by atomic mass is 9.62. The molecule has 30 heavy (non-hydrogen) atoms. The van der Waals surface area contributed by atoms with Gasteiger partial charge in [0.15, 0.2) is 11.6 Å². The second-order valence-electron chi connectivity index (χ2n) is 10.2. The lowest BCUT2D eigenvalue weighted by Crippen LogP contribution is -2.53. The molecule has 0 aromatic rings. The zero-order chi connectivity index (χ0) is 22.5. The van der Waals surface area contributed by atoms with E-state index in [1.807, 2.05) is 0 Å². The minimum atomic E-state index is -3.94. The molecule has 1 heterocycles. The van der Waals surface area contributed by atoms with Crippen LogP contribution in [0, 0.1) is 17.3 Å². The van der Waals surface area contributed by atoms with E-state index in [0.29, 0.717) is 25.7 Å². The van der Waals surface area contributed by atoms with Crippen molar-refractivity contribution in [3.63, 3.8) is 0 Å². The lowest BCUT2D eigenvalue weighted by molar-refractivity contribution is -0.144. The molecule has 0 saturated heterocycles. The molecule has 2 aliphatic carbocycles. The molecule has 0 unspecified atom stereocenters. The Morgan fingerprint density at radius 3 is 2.43 bits per heavy atom. The predicted octanol–water partition coefficient (Wildman–Crippen LogP) is 6.47. The van der Waals surface area contributed by atoms with Crippen LogP contribution in [0.2, 0.25) is 0 Å². The van der Waals surface area contributed by atoms with Gasteiger partial charge in [-0.05, 0) is 32.1 Å². The number of halogens is 3. The van der Waals surface area contributed by atoms with Gasteiger partial charge in [0, 0.05) is 24.7 Å². The van der Waals surface area contributed by atoms with Gasteiger partial charge in [0.1, 0.15) is 11.4 Å². The predicted molar refractivity (Wildman–Crippen MR) is 109 cm³/mol. The Morgan fingerprint density at radius 1 is 1.13 bits per heavy atom. The number of alkyl halides is 2. The Kier molecular flexibility index (Phi) is 6.02. The molecule has 0 amide bonds.